The minimum absolute atomic E-state index is 0.0127. The fourth-order valence-electron chi connectivity index (χ4n) is 2.11. The molecule has 0 aliphatic heterocycles. The fraction of sp³-hybridized carbons (Fsp3) is 0.0667. The van der Waals surface area contributed by atoms with Crippen LogP contribution in [0.25, 0.3) is 22.9 Å². The molecule has 0 bridgehead atoms. The predicted molar refractivity (Wildman–Crippen MR) is 69.2 cm³/mol. The van der Waals surface area contributed by atoms with Crippen LogP contribution in [-0.4, -0.2) is 6.04 Å². The second-order valence-corrected chi connectivity index (χ2v) is 4.12. The molecule has 0 spiro atoms. The minimum atomic E-state index is 0.0127. The van der Waals surface area contributed by atoms with E-state index in [1.807, 2.05) is 12.2 Å². The fourth-order valence-corrected chi connectivity index (χ4v) is 2.11. The lowest BCUT2D eigenvalue weighted by atomic mass is 10.1. The number of nitrogens with two attached hydrogens (primary N) is 1. The molecule has 2 aromatic rings. The third-order valence-corrected chi connectivity index (χ3v) is 2.93. The Hall–Kier alpha value is -1.86. The summed E-state index contributed by atoms with van der Waals surface area (Å²) in [5.41, 5.74) is 5.93. The van der Waals surface area contributed by atoms with Crippen LogP contribution >= 0.6 is 0 Å². The van der Waals surface area contributed by atoms with Gasteiger partial charge in [0.2, 0.25) is 0 Å². The molecule has 0 saturated heterocycles. The van der Waals surface area contributed by atoms with Gasteiger partial charge >= 0.3 is 0 Å². The van der Waals surface area contributed by atoms with Gasteiger partial charge in [-0.25, -0.2) is 0 Å². The number of rotatable bonds is 0. The highest BCUT2D eigenvalue weighted by Gasteiger charge is 1.98. The van der Waals surface area contributed by atoms with Crippen molar-refractivity contribution in [1.82, 2.24) is 0 Å². The predicted octanol–water partition coefficient (Wildman–Crippen LogP) is 1.30. The van der Waals surface area contributed by atoms with Gasteiger partial charge in [-0.3, -0.25) is 0 Å². The van der Waals surface area contributed by atoms with E-state index in [2.05, 4.69) is 48.6 Å². The van der Waals surface area contributed by atoms with E-state index in [9.17, 15) is 0 Å². The smallest absolute Gasteiger partial charge is 0.0422 e. The zero-order valence-electron chi connectivity index (χ0n) is 8.93. The number of benzene rings is 2. The Morgan fingerprint density at radius 3 is 2.38 bits per heavy atom. The normalized spacial score (nSPS) is 18.4. The van der Waals surface area contributed by atoms with Crippen LogP contribution in [0.1, 0.15) is 0 Å². The lowest BCUT2D eigenvalue weighted by molar-refractivity contribution is 1.08. The molecule has 16 heavy (non-hydrogen) atoms. The molecular weight excluding hydrogens is 194 g/mol. The summed E-state index contributed by atoms with van der Waals surface area (Å²) in [7, 11) is 0. The second-order valence-electron chi connectivity index (χ2n) is 4.12. The maximum absolute atomic E-state index is 5.93. The van der Waals surface area contributed by atoms with Crippen LogP contribution in [0.15, 0.2) is 48.6 Å². The van der Waals surface area contributed by atoms with Gasteiger partial charge in [0.15, 0.2) is 0 Å². The topological polar surface area (TPSA) is 26.0 Å². The molecule has 2 N–H and O–H groups in total. The van der Waals surface area contributed by atoms with Crippen LogP contribution in [0.3, 0.4) is 0 Å². The van der Waals surface area contributed by atoms with Crippen LogP contribution in [0.5, 0.6) is 0 Å². The van der Waals surface area contributed by atoms with Gasteiger partial charge in [-0.2, -0.15) is 0 Å². The summed E-state index contributed by atoms with van der Waals surface area (Å²) in [6, 6.07) is 12.8. The number of hydrogen-bond donors (Lipinski definition) is 1. The molecule has 0 amide bonds. The van der Waals surface area contributed by atoms with Gasteiger partial charge in [0.05, 0.1) is 0 Å². The van der Waals surface area contributed by atoms with E-state index in [-0.39, 0.29) is 6.04 Å². The van der Waals surface area contributed by atoms with Crippen LogP contribution in [0.4, 0.5) is 0 Å². The molecule has 1 unspecified atom stereocenters. The van der Waals surface area contributed by atoms with Crippen molar-refractivity contribution < 1.29 is 0 Å². The van der Waals surface area contributed by atoms with Crippen molar-refractivity contribution in [2.75, 3.05) is 0 Å². The quantitative estimate of drug-likeness (QED) is 0.692. The Morgan fingerprint density at radius 2 is 1.62 bits per heavy atom. The van der Waals surface area contributed by atoms with Crippen LogP contribution in [0.2, 0.25) is 0 Å². The molecular formula is C15H13N. The minimum Gasteiger partial charge on any atom is -0.321 e. The molecule has 3 rings (SSSR count). The molecule has 1 heteroatoms. The Bertz CT molecular complexity index is 680. The first-order chi connectivity index (χ1) is 7.83. The first-order valence-electron chi connectivity index (χ1n) is 5.48. The van der Waals surface area contributed by atoms with E-state index in [0.717, 1.165) is 0 Å². The van der Waals surface area contributed by atoms with Gasteiger partial charge in [-0.05, 0) is 33.3 Å². The SMILES string of the molecule is NC1C=CC=c2cc3ccccc3cc2=C1. The van der Waals surface area contributed by atoms with E-state index in [1.54, 1.807) is 0 Å². The zero-order valence-corrected chi connectivity index (χ0v) is 8.93. The van der Waals surface area contributed by atoms with Crippen molar-refractivity contribution in [1.29, 1.82) is 0 Å². The molecule has 0 radical (unpaired) electrons. The number of hydrogen-bond acceptors (Lipinski definition) is 1. The Kier molecular flexibility index (Phi) is 2.12. The van der Waals surface area contributed by atoms with Gasteiger partial charge in [0, 0.05) is 6.04 Å². The van der Waals surface area contributed by atoms with Gasteiger partial charge in [-0.1, -0.05) is 48.6 Å². The second kappa shape index (κ2) is 3.62. The molecule has 1 aliphatic rings. The van der Waals surface area contributed by atoms with Gasteiger partial charge < -0.3 is 5.73 Å². The Labute approximate surface area is 94.2 Å². The number of allylic oxidation sites excluding steroid dienone is 1. The summed E-state index contributed by atoms with van der Waals surface area (Å²) in [4.78, 5) is 0. The van der Waals surface area contributed by atoms with E-state index in [0.29, 0.717) is 0 Å². The Morgan fingerprint density at radius 1 is 0.938 bits per heavy atom. The summed E-state index contributed by atoms with van der Waals surface area (Å²) in [5.74, 6) is 0. The monoisotopic (exact) mass is 207 g/mol. The van der Waals surface area contributed by atoms with Crippen molar-refractivity contribution in [3.8, 4) is 0 Å². The highest BCUT2D eigenvalue weighted by molar-refractivity contribution is 5.83. The molecule has 0 aromatic heterocycles. The summed E-state index contributed by atoms with van der Waals surface area (Å²) in [6.45, 7) is 0. The largest absolute Gasteiger partial charge is 0.321 e. The maximum Gasteiger partial charge on any atom is 0.0422 e. The van der Waals surface area contributed by atoms with Crippen molar-refractivity contribution in [3.05, 3.63) is 59.0 Å². The number of fused-ring (bicyclic) bond motifs is 2. The highest BCUT2D eigenvalue weighted by atomic mass is 14.6. The molecule has 0 fully saturated rings. The van der Waals surface area contributed by atoms with Crippen molar-refractivity contribution in [2.45, 2.75) is 6.04 Å². The summed E-state index contributed by atoms with van der Waals surface area (Å²) in [6.07, 6.45) is 8.25. The highest BCUT2D eigenvalue weighted by Crippen LogP contribution is 2.08. The van der Waals surface area contributed by atoms with Crippen molar-refractivity contribution in [3.63, 3.8) is 0 Å². The lowest BCUT2D eigenvalue weighted by Gasteiger charge is -1.99. The van der Waals surface area contributed by atoms with Gasteiger partial charge in [-0.15, -0.1) is 0 Å². The summed E-state index contributed by atoms with van der Waals surface area (Å²) < 4.78 is 0. The Balaban J connectivity index is 2.44. The maximum atomic E-state index is 5.93. The van der Waals surface area contributed by atoms with Crippen molar-refractivity contribution in [2.24, 2.45) is 5.73 Å². The van der Waals surface area contributed by atoms with E-state index >= 15 is 0 Å². The van der Waals surface area contributed by atoms with E-state index < -0.39 is 0 Å². The molecule has 1 atom stereocenters. The first-order valence-corrected chi connectivity index (χ1v) is 5.48. The average Bonchev–Trinajstić information content (AvgIpc) is 2.46. The van der Waals surface area contributed by atoms with E-state index in [4.69, 9.17) is 5.73 Å². The summed E-state index contributed by atoms with van der Waals surface area (Å²) >= 11 is 0. The molecule has 1 nitrogen and oxygen atoms in total. The molecule has 1 aliphatic carbocycles. The van der Waals surface area contributed by atoms with Crippen molar-refractivity contribution >= 4 is 22.9 Å². The standard InChI is InChI=1S/C15H13N/c16-15-7-3-6-13-8-11-4-1-2-5-12(11)9-14(13)10-15/h1-10,15H,16H2. The van der Waals surface area contributed by atoms with Crippen LogP contribution in [0, 0.1) is 0 Å². The van der Waals surface area contributed by atoms with Gasteiger partial charge in [0.1, 0.15) is 0 Å². The average molecular weight is 207 g/mol. The first kappa shape index (κ1) is 9.37. The molecule has 0 heterocycles. The lowest BCUT2D eigenvalue weighted by Crippen LogP contribution is -2.27. The zero-order chi connectivity index (χ0) is 11.0. The summed E-state index contributed by atoms with van der Waals surface area (Å²) in [5, 5.41) is 4.99. The van der Waals surface area contributed by atoms with Crippen LogP contribution in [-0.2, 0) is 0 Å². The van der Waals surface area contributed by atoms with Gasteiger partial charge in [0.25, 0.3) is 0 Å². The third kappa shape index (κ3) is 1.55. The van der Waals surface area contributed by atoms with E-state index in [1.165, 1.54) is 21.2 Å². The molecule has 2 aromatic carbocycles. The third-order valence-electron chi connectivity index (χ3n) is 2.93. The van der Waals surface area contributed by atoms with Crippen LogP contribution < -0.4 is 16.2 Å². The molecule has 0 saturated carbocycles. The molecule has 78 valence electrons.